The molecule has 0 saturated carbocycles. The van der Waals surface area contributed by atoms with E-state index in [1.54, 1.807) is 12.4 Å². The molecule has 0 aliphatic carbocycles. The number of Topliss-reactive ketones (excluding diaryl/α,β-unsaturated/α-hetero) is 1. The van der Waals surface area contributed by atoms with E-state index in [1.165, 1.54) is 0 Å². The van der Waals surface area contributed by atoms with E-state index in [9.17, 15) is 4.79 Å². The SMILES string of the molecule is CN(CC(=O)c1c[nH]c2ccccc12)Cc1nccn1C. The van der Waals surface area contributed by atoms with Crippen molar-refractivity contribution in [2.45, 2.75) is 6.54 Å². The molecule has 0 atom stereocenters. The number of ketones is 1. The Morgan fingerprint density at radius 1 is 1.38 bits per heavy atom. The van der Waals surface area contributed by atoms with Gasteiger partial charge in [-0.05, 0) is 13.1 Å². The first-order chi connectivity index (χ1) is 10.1. The van der Waals surface area contributed by atoms with Crippen LogP contribution >= 0.6 is 0 Å². The van der Waals surface area contributed by atoms with Crippen LogP contribution in [0.4, 0.5) is 0 Å². The smallest absolute Gasteiger partial charge is 0.178 e. The summed E-state index contributed by atoms with van der Waals surface area (Å²) in [5.74, 6) is 1.06. The van der Waals surface area contributed by atoms with Crippen LogP contribution in [0.2, 0.25) is 0 Å². The van der Waals surface area contributed by atoms with E-state index < -0.39 is 0 Å². The number of imidazole rings is 1. The molecule has 0 fully saturated rings. The lowest BCUT2D eigenvalue weighted by Crippen LogP contribution is -2.26. The first-order valence-corrected chi connectivity index (χ1v) is 6.89. The molecular weight excluding hydrogens is 264 g/mol. The Morgan fingerprint density at radius 3 is 2.95 bits per heavy atom. The van der Waals surface area contributed by atoms with Crippen molar-refractivity contribution in [1.82, 2.24) is 19.4 Å². The predicted octanol–water partition coefficient (Wildman–Crippen LogP) is 2.22. The third kappa shape index (κ3) is 2.73. The number of hydrogen-bond acceptors (Lipinski definition) is 3. The molecule has 5 heteroatoms. The summed E-state index contributed by atoms with van der Waals surface area (Å²) in [5, 5.41) is 0.980. The van der Waals surface area contributed by atoms with Gasteiger partial charge in [0.2, 0.25) is 0 Å². The van der Waals surface area contributed by atoms with E-state index >= 15 is 0 Å². The number of nitrogens with zero attached hydrogens (tertiary/aromatic N) is 3. The second kappa shape index (κ2) is 5.54. The third-order valence-corrected chi connectivity index (χ3v) is 3.64. The molecule has 2 aromatic heterocycles. The second-order valence-corrected chi connectivity index (χ2v) is 5.30. The van der Waals surface area contributed by atoms with Gasteiger partial charge in [0.1, 0.15) is 5.82 Å². The van der Waals surface area contributed by atoms with Gasteiger partial charge in [-0.25, -0.2) is 4.98 Å². The van der Waals surface area contributed by atoms with E-state index in [2.05, 4.69) is 9.97 Å². The van der Waals surface area contributed by atoms with Crippen molar-refractivity contribution in [2.75, 3.05) is 13.6 Å². The maximum atomic E-state index is 12.5. The van der Waals surface area contributed by atoms with Gasteiger partial charge in [0.15, 0.2) is 5.78 Å². The number of benzene rings is 1. The lowest BCUT2D eigenvalue weighted by molar-refractivity contribution is 0.0943. The number of hydrogen-bond donors (Lipinski definition) is 1. The summed E-state index contributed by atoms with van der Waals surface area (Å²) in [5.41, 5.74) is 1.74. The van der Waals surface area contributed by atoms with Crippen LogP contribution in [0, 0.1) is 0 Å². The Hall–Kier alpha value is -2.40. The zero-order chi connectivity index (χ0) is 14.8. The number of fused-ring (bicyclic) bond motifs is 1. The highest BCUT2D eigenvalue weighted by atomic mass is 16.1. The van der Waals surface area contributed by atoms with Gasteiger partial charge in [-0.2, -0.15) is 0 Å². The van der Waals surface area contributed by atoms with Crippen molar-refractivity contribution < 1.29 is 4.79 Å². The molecule has 0 radical (unpaired) electrons. The molecule has 0 aliphatic heterocycles. The zero-order valence-corrected chi connectivity index (χ0v) is 12.2. The van der Waals surface area contributed by atoms with Crippen LogP contribution in [-0.2, 0) is 13.6 Å². The largest absolute Gasteiger partial charge is 0.360 e. The lowest BCUT2D eigenvalue weighted by Gasteiger charge is -2.15. The van der Waals surface area contributed by atoms with Crippen LogP contribution in [0.25, 0.3) is 10.9 Å². The Labute approximate surface area is 123 Å². The summed E-state index contributed by atoms with van der Waals surface area (Å²) in [6, 6.07) is 7.85. The van der Waals surface area contributed by atoms with E-state index in [4.69, 9.17) is 0 Å². The van der Waals surface area contributed by atoms with Gasteiger partial charge < -0.3 is 9.55 Å². The fourth-order valence-corrected chi connectivity index (χ4v) is 2.48. The van der Waals surface area contributed by atoms with Crippen LogP contribution in [0.3, 0.4) is 0 Å². The molecule has 21 heavy (non-hydrogen) atoms. The second-order valence-electron chi connectivity index (χ2n) is 5.30. The highest BCUT2D eigenvalue weighted by molar-refractivity contribution is 6.08. The van der Waals surface area contributed by atoms with Crippen LogP contribution in [-0.4, -0.2) is 38.8 Å². The minimum Gasteiger partial charge on any atom is -0.360 e. The van der Waals surface area contributed by atoms with Gasteiger partial charge in [0, 0.05) is 42.1 Å². The van der Waals surface area contributed by atoms with E-state index in [1.807, 2.05) is 54.0 Å². The van der Waals surface area contributed by atoms with Gasteiger partial charge >= 0.3 is 0 Å². The van der Waals surface area contributed by atoms with Crippen LogP contribution in [0.5, 0.6) is 0 Å². The number of nitrogens with one attached hydrogen (secondary N) is 1. The number of para-hydroxylation sites is 1. The predicted molar refractivity (Wildman–Crippen MR) is 82.2 cm³/mol. The topological polar surface area (TPSA) is 53.9 Å². The standard InChI is InChI=1S/C16H18N4O/c1-19(11-16-17-7-8-20(16)2)10-15(21)13-9-18-14-6-4-3-5-12(13)14/h3-9,18H,10-11H2,1-2H3. The molecule has 1 aromatic carbocycles. The minimum atomic E-state index is 0.115. The van der Waals surface area contributed by atoms with Crippen molar-refractivity contribution in [3.63, 3.8) is 0 Å². The van der Waals surface area contributed by atoms with Crippen molar-refractivity contribution in [1.29, 1.82) is 0 Å². The monoisotopic (exact) mass is 282 g/mol. The first kappa shape index (κ1) is 13.6. The number of carbonyl (C=O) groups is 1. The van der Waals surface area contributed by atoms with Gasteiger partial charge in [0.05, 0.1) is 13.1 Å². The molecule has 3 rings (SSSR count). The molecule has 0 spiro atoms. The molecule has 1 N–H and O–H groups in total. The third-order valence-electron chi connectivity index (χ3n) is 3.64. The quantitative estimate of drug-likeness (QED) is 0.730. The van der Waals surface area contributed by atoms with Crippen molar-refractivity contribution in [2.24, 2.45) is 7.05 Å². The summed E-state index contributed by atoms with van der Waals surface area (Å²) in [6.07, 6.45) is 5.47. The molecule has 0 bridgehead atoms. The van der Waals surface area contributed by atoms with Crippen molar-refractivity contribution in [3.8, 4) is 0 Å². The Balaban J connectivity index is 1.73. The van der Waals surface area contributed by atoms with Gasteiger partial charge in [-0.15, -0.1) is 0 Å². The molecule has 0 aliphatic rings. The Morgan fingerprint density at radius 2 is 2.19 bits per heavy atom. The molecule has 3 aromatic rings. The highest BCUT2D eigenvalue weighted by Gasteiger charge is 2.14. The zero-order valence-electron chi connectivity index (χ0n) is 12.2. The van der Waals surface area contributed by atoms with Crippen LogP contribution < -0.4 is 0 Å². The van der Waals surface area contributed by atoms with E-state index in [0.29, 0.717) is 13.1 Å². The van der Waals surface area contributed by atoms with Crippen LogP contribution in [0.1, 0.15) is 16.2 Å². The fraction of sp³-hybridized carbons (Fsp3) is 0.250. The van der Waals surface area contributed by atoms with Gasteiger partial charge in [0.25, 0.3) is 0 Å². The molecule has 108 valence electrons. The Kier molecular flexibility index (Phi) is 3.58. The average molecular weight is 282 g/mol. The number of aryl methyl sites for hydroxylation is 1. The fourth-order valence-electron chi connectivity index (χ4n) is 2.48. The van der Waals surface area contributed by atoms with E-state index in [0.717, 1.165) is 22.3 Å². The first-order valence-electron chi connectivity index (χ1n) is 6.89. The molecular formula is C16H18N4O. The number of carbonyl (C=O) groups excluding carboxylic acids is 1. The summed E-state index contributed by atoms with van der Waals surface area (Å²) in [7, 11) is 3.89. The van der Waals surface area contributed by atoms with Crippen molar-refractivity contribution in [3.05, 3.63) is 54.2 Å². The average Bonchev–Trinajstić information content (AvgIpc) is 3.05. The number of rotatable bonds is 5. The summed E-state index contributed by atoms with van der Waals surface area (Å²) in [4.78, 5) is 21.9. The molecule has 0 saturated heterocycles. The van der Waals surface area contributed by atoms with E-state index in [-0.39, 0.29) is 5.78 Å². The van der Waals surface area contributed by atoms with Crippen molar-refractivity contribution >= 4 is 16.7 Å². The van der Waals surface area contributed by atoms with Crippen LogP contribution in [0.15, 0.2) is 42.9 Å². The maximum Gasteiger partial charge on any atom is 0.178 e. The molecule has 2 heterocycles. The lowest BCUT2D eigenvalue weighted by atomic mass is 10.1. The minimum absolute atomic E-state index is 0.115. The maximum absolute atomic E-state index is 12.5. The number of likely N-dealkylation sites (N-methyl/N-ethyl adjacent to an activating group) is 1. The highest BCUT2D eigenvalue weighted by Crippen LogP contribution is 2.18. The van der Waals surface area contributed by atoms with Gasteiger partial charge in [-0.3, -0.25) is 9.69 Å². The number of H-pyrrole nitrogens is 1. The summed E-state index contributed by atoms with van der Waals surface area (Å²) >= 11 is 0. The van der Waals surface area contributed by atoms with Gasteiger partial charge in [-0.1, -0.05) is 18.2 Å². The summed E-state index contributed by atoms with van der Waals surface area (Å²) < 4.78 is 1.96. The molecule has 5 nitrogen and oxygen atoms in total. The Bertz CT molecular complexity index is 771. The number of aromatic amines is 1. The number of aromatic nitrogens is 3. The normalized spacial score (nSPS) is 11.4. The molecule has 0 unspecified atom stereocenters. The summed E-state index contributed by atoms with van der Waals surface area (Å²) in [6.45, 7) is 1.02. The molecule has 0 amide bonds.